The minimum Gasteiger partial charge on any atom is -0.311 e. The molecular formula is C15H18ClN3O. The number of hydrogen-bond donors (Lipinski definition) is 1. The molecule has 0 atom stereocenters. The lowest BCUT2D eigenvalue weighted by molar-refractivity contribution is -0.114. The molecule has 2 rings (SSSR count). The van der Waals surface area contributed by atoms with Crippen LogP contribution >= 0.6 is 11.6 Å². The van der Waals surface area contributed by atoms with Crippen molar-refractivity contribution in [3.63, 3.8) is 0 Å². The van der Waals surface area contributed by atoms with Gasteiger partial charge in [-0.15, -0.1) is 0 Å². The average molecular weight is 292 g/mol. The monoisotopic (exact) mass is 291 g/mol. The fourth-order valence-corrected chi connectivity index (χ4v) is 1.92. The second-order valence-corrected chi connectivity index (χ2v) is 6.17. The molecule has 2 aromatic rings. The van der Waals surface area contributed by atoms with E-state index in [2.05, 4.69) is 31.2 Å². The average Bonchev–Trinajstić information content (AvgIpc) is 2.73. The number of aromatic nitrogens is 2. The minimum atomic E-state index is -0.124. The summed E-state index contributed by atoms with van der Waals surface area (Å²) in [6, 6.07) is 9.23. The molecule has 1 heterocycles. The normalized spacial score (nSPS) is 11.4. The highest BCUT2D eigenvalue weighted by atomic mass is 35.5. The summed E-state index contributed by atoms with van der Waals surface area (Å²) in [5.41, 5.74) is 1.68. The van der Waals surface area contributed by atoms with E-state index < -0.39 is 0 Å². The van der Waals surface area contributed by atoms with Gasteiger partial charge in [0.15, 0.2) is 0 Å². The summed E-state index contributed by atoms with van der Waals surface area (Å²) in [6.07, 6.45) is 0. The molecule has 1 aromatic carbocycles. The Bertz CT molecular complexity index is 624. The van der Waals surface area contributed by atoms with E-state index in [0.717, 1.165) is 11.4 Å². The van der Waals surface area contributed by atoms with Crippen molar-refractivity contribution in [3.8, 4) is 5.69 Å². The Hall–Kier alpha value is -1.81. The van der Waals surface area contributed by atoms with Gasteiger partial charge in [-0.1, -0.05) is 32.4 Å². The van der Waals surface area contributed by atoms with E-state index in [1.165, 1.54) is 6.92 Å². The number of benzene rings is 1. The number of hydrogen-bond acceptors (Lipinski definition) is 2. The van der Waals surface area contributed by atoms with Crippen molar-refractivity contribution in [2.24, 2.45) is 0 Å². The molecule has 0 aliphatic carbocycles. The zero-order valence-corrected chi connectivity index (χ0v) is 12.8. The third-order valence-electron chi connectivity index (χ3n) is 2.85. The van der Waals surface area contributed by atoms with Crippen LogP contribution in [-0.2, 0) is 10.2 Å². The summed E-state index contributed by atoms with van der Waals surface area (Å²) in [6.45, 7) is 7.73. The lowest BCUT2D eigenvalue weighted by atomic mass is 9.92. The quantitative estimate of drug-likeness (QED) is 0.915. The molecule has 20 heavy (non-hydrogen) atoms. The Balaban J connectivity index is 2.52. The molecule has 4 nitrogen and oxygen atoms in total. The van der Waals surface area contributed by atoms with Gasteiger partial charge in [-0.25, -0.2) is 4.68 Å². The molecule has 1 N–H and O–H groups in total. The van der Waals surface area contributed by atoms with Crippen LogP contribution in [0.25, 0.3) is 5.69 Å². The van der Waals surface area contributed by atoms with E-state index in [0.29, 0.717) is 10.8 Å². The Morgan fingerprint density at radius 1 is 1.25 bits per heavy atom. The van der Waals surface area contributed by atoms with Crippen LogP contribution in [-0.4, -0.2) is 15.7 Å². The summed E-state index contributed by atoms with van der Waals surface area (Å²) in [5, 5.41) is 8.07. The number of amides is 1. The zero-order valence-electron chi connectivity index (χ0n) is 12.1. The van der Waals surface area contributed by atoms with Gasteiger partial charge in [-0.2, -0.15) is 5.10 Å². The van der Waals surface area contributed by atoms with Gasteiger partial charge in [0.25, 0.3) is 0 Å². The Labute approximate surface area is 123 Å². The van der Waals surface area contributed by atoms with E-state index >= 15 is 0 Å². The molecule has 106 valence electrons. The van der Waals surface area contributed by atoms with Gasteiger partial charge in [0, 0.05) is 23.4 Å². The largest absolute Gasteiger partial charge is 0.311 e. The zero-order chi connectivity index (χ0) is 14.9. The van der Waals surface area contributed by atoms with E-state index in [4.69, 9.17) is 11.6 Å². The molecular weight excluding hydrogens is 274 g/mol. The molecule has 0 spiro atoms. The third kappa shape index (κ3) is 3.20. The van der Waals surface area contributed by atoms with E-state index in [1.807, 2.05) is 18.2 Å². The highest BCUT2D eigenvalue weighted by Crippen LogP contribution is 2.26. The number of nitrogens with zero attached hydrogens (tertiary/aromatic N) is 2. The van der Waals surface area contributed by atoms with Crippen molar-refractivity contribution in [1.82, 2.24) is 9.78 Å². The van der Waals surface area contributed by atoms with Crippen LogP contribution < -0.4 is 5.32 Å². The number of carbonyl (C=O) groups excluding carboxylic acids is 1. The molecule has 5 heteroatoms. The first kappa shape index (κ1) is 14.6. The van der Waals surface area contributed by atoms with Crippen LogP contribution in [0, 0.1) is 0 Å². The number of carbonyl (C=O) groups is 1. The van der Waals surface area contributed by atoms with Crippen LogP contribution in [0.15, 0.2) is 30.3 Å². The smallest absolute Gasteiger partial charge is 0.222 e. The molecule has 0 unspecified atom stereocenters. The van der Waals surface area contributed by atoms with Crippen LogP contribution in [0.2, 0.25) is 5.02 Å². The van der Waals surface area contributed by atoms with Crippen molar-refractivity contribution in [2.45, 2.75) is 33.1 Å². The third-order valence-corrected chi connectivity index (χ3v) is 3.11. The molecule has 0 aliphatic rings. The van der Waals surface area contributed by atoms with Crippen LogP contribution in [0.4, 0.5) is 5.82 Å². The summed E-state index contributed by atoms with van der Waals surface area (Å²) in [4.78, 5) is 11.3. The van der Waals surface area contributed by atoms with Crippen molar-refractivity contribution in [1.29, 1.82) is 0 Å². The van der Waals surface area contributed by atoms with Crippen molar-refractivity contribution >= 4 is 23.3 Å². The van der Waals surface area contributed by atoms with Gasteiger partial charge in [0.05, 0.1) is 11.4 Å². The molecule has 0 radical (unpaired) electrons. The molecule has 0 saturated heterocycles. The Morgan fingerprint density at radius 3 is 2.35 bits per heavy atom. The maximum Gasteiger partial charge on any atom is 0.222 e. The van der Waals surface area contributed by atoms with Gasteiger partial charge < -0.3 is 5.32 Å². The van der Waals surface area contributed by atoms with Crippen molar-refractivity contribution in [3.05, 3.63) is 41.0 Å². The lowest BCUT2D eigenvalue weighted by Crippen LogP contribution is -2.13. The van der Waals surface area contributed by atoms with E-state index in [1.54, 1.807) is 16.8 Å². The Morgan fingerprint density at radius 2 is 1.85 bits per heavy atom. The number of anilines is 1. The lowest BCUT2D eigenvalue weighted by Gasteiger charge is -2.14. The van der Waals surface area contributed by atoms with E-state index in [9.17, 15) is 4.79 Å². The topological polar surface area (TPSA) is 46.9 Å². The number of halogens is 1. The van der Waals surface area contributed by atoms with E-state index in [-0.39, 0.29) is 11.3 Å². The highest BCUT2D eigenvalue weighted by Gasteiger charge is 2.20. The molecule has 0 aliphatic heterocycles. The fraction of sp³-hybridized carbons (Fsp3) is 0.333. The van der Waals surface area contributed by atoms with Crippen molar-refractivity contribution in [2.75, 3.05) is 5.32 Å². The molecule has 0 fully saturated rings. The van der Waals surface area contributed by atoms with Gasteiger partial charge in [-0.05, 0) is 24.3 Å². The van der Waals surface area contributed by atoms with Crippen LogP contribution in [0.5, 0.6) is 0 Å². The second-order valence-electron chi connectivity index (χ2n) is 5.73. The summed E-state index contributed by atoms with van der Waals surface area (Å²) in [5.74, 6) is 0.533. The molecule has 0 bridgehead atoms. The van der Waals surface area contributed by atoms with Gasteiger partial charge in [-0.3, -0.25) is 4.79 Å². The minimum absolute atomic E-state index is 0.0924. The molecule has 1 amide bonds. The molecule has 1 aromatic heterocycles. The summed E-state index contributed by atoms with van der Waals surface area (Å²) >= 11 is 5.90. The molecule has 0 saturated carbocycles. The van der Waals surface area contributed by atoms with Gasteiger partial charge in [0.2, 0.25) is 5.91 Å². The second kappa shape index (κ2) is 5.29. The predicted molar refractivity (Wildman–Crippen MR) is 81.6 cm³/mol. The first-order valence-electron chi connectivity index (χ1n) is 6.41. The number of rotatable bonds is 2. The van der Waals surface area contributed by atoms with Crippen LogP contribution in [0.3, 0.4) is 0 Å². The van der Waals surface area contributed by atoms with Crippen molar-refractivity contribution < 1.29 is 4.79 Å². The maximum atomic E-state index is 11.3. The number of nitrogens with one attached hydrogen (secondary N) is 1. The standard InChI is InChI=1S/C15H18ClN3O/c1-10(20)17-14-9-13(15(2,3)4)18-19(14)12-7-5-11(16)6-8-12/h5-9H,1-4H3,(H,17,20). The van der Waals surface area contributed by atoms with Crippen LogP contribution in [0.1, 0.15) is 33.4 Å². The predicted octanol–water partition coefficient (Wildman–Crippen LogP) is 3.78. The first-order chi connectivity index (χ1) is 9.27. The fourth-order valence-electron chi connectivity index (χ4n) is 1.80. The summed E-state index contributed by atoms with van der Waals surface area (Å²) < 4.78 is 1.72. The Kier molecular flexibility index (Phi) is 3.86. The maximum absolute atomic E-state index is 11.3. The highest BCUT2D eigenvalue weighted by molar-refractivity contribution is 6.30. The summed E-state index contributed by atoms with van der Waals surface area (Å²) in [7, 11) is 0. The van der Waals surface area contributed by atoms with Gasteiger partial charge >= 0.3 is 0 Å². The first-order valence-corrected chi connectivity index (χ1v) is 6.79. The SMILES string of the molecule is CC(=O)Nc1cc(C(C)(C)C)nn1-c1ccc(Cl)cc1. The van der Waals surface area contributed by atoms with Gasteiger partial charge in [0.1, 0.15) is 5.82 Å².